The van der Waals surface area contributed by atoms with E-state index in [2.05, 4.69) is 24.1 Å². The summed E-state index contributed by atoms with van der Waals surface area (Å²) in [5, 5.41) is 3.35. The molecule has 1 rings (SSSR count). The number of aromatic nitrogens is 1. The monoisotopic (exact) mass is 268 g/mol. The molecule has 0 unspecified atom stereocenters. The van der Waals surface area contributed by atoms with Gasteiger partial charge >= 0.3 is 0 Å². The van der Waals surface area contributed by atoms with E-state index in [4.69, 9.17) is 14.2 Å². The zero-order valence-corrected chi connectivity index (χ0v) is 12.0. The predicted octanol–water partition coefficient (Wildman–Crippen LogP) is 1.62. The SMILES string of the molecule is COCCOCCOc1ncccc1CNC(C)C. The van der Waals surface area contributed by atoms with E-state index in [1.807, 2.05) is 12.1 Å². The number of methoxy groups -OCH3 is 1. The van der Waals surface area contributed by atoms with Crippen LogP contribution in [-0.2, 0) is 16.0 Å². The Morgan fingerprint density at radius 2 is 2.00 bits per heavy atom. The summed E-state index contributed by atoms with van der Waals surface area (Å²) < 4.78 is 15.9. The van der Waals surface area contributed by atoms with Crippen LogP contribution in [0, 0.1) is 0 Å². The van der Waals surface area contributed by atoms with Gasteiger partial charge in [-0.25, -0.2) is 4.98 Å². The zero-order valence-electron chi connectivity index (χ0n) is 12.0. The summed E-state index contributed by atoms with van der Waals surface area (Å²) in [4.78, 5) is 4.25. The summed E-state index contributed by atoms with van der Waals surface area (Å²) in [6.45, 7) is 7.20. The third kappa shape index (κ3) is 7.10. The Morgan fingerprint density at radius 1 is 1.21 bits per heavy atom. The van der Waals surface area contributed by atoms with Gasteiger partial charge in [-0.1, -0.05) is 19.9 Å². The molecule has 1 aromatic rings. The normalized spacial score (nSPS) is 10.9. The molecule has 5 heteroatoms. The topological polar surface area (TPSA) is 52.6 Å². The van der Waals surface area contributed by atoms with Crippen molar-refractivity contribution >= 4 is 0 Å². The van der Waals surface area contributed by atoms with E-state index in [9.17, 15) is 0 Å². The number of nitrogens with zero attached hydrogens (tertiary/aromatic N) is 1. The van der Waals surface area contributed by atoms with Gasteiger partial charge in [0.2, 0.25) is 5.88 Å². The zero-order chi connectivity index (χ0) is 13.9. The fourth-order valence-corrected chi connectivity index (χ4v) is 1.44. The van der Waals surface area contributed by atoms with Crippen molar-refractivity contribution < 1.29 is 14.2 Å². The van der Waals surface area contributed by atoms with Gasteiger partial charge in [-0.3, -0.25) is 0 Å². The first-order valence-corrected chi connectivity index (χ1v) is 6.60. The van der Waals surface area contributed by atoms with Gasteiger partial charge in [-0.15, -0.1) is 0 Å². The second-order valence-electron chi connectivity index (χ2n) is 4.46. The highest BCUT2D eigenvalue weighted by molar-refractivity contribution is 5.25. The van der Waals surface area contributed by atoms with Gasteiger partial charge in [-0.2, -0.15) is 0 Å². The van der Waals surface area contributed by atoms with Crippen LogP contribution in [0.15, 0.2) is 18.3 Å². The Labute approximate surface area is 115 Å². The highest BCUT2D eigenvalue weighted by atomic mass is 16.5. The lowest BCUT2D eigenvalue weighted by Gasteiger charge is -2.12. The fraction of sp³-hybridized carbons (Fsp3) is 0.643. The van der Waals surface area contributed by atoms with E-state index in [-0.39, 0.29) is 0 Å². The Bertz CT molecular complexity index is 345. The summed E-state index contributed by atoms with van der Waals surface area (Å²) in [5.74, 6) is 0.672. The van der Waals surface area contributed by atoms with Crippen LogP contribution in [0.2, 0.25) is 0 Å². The molecule has 1 heterocycles. The molecule has 108 valence electrons. The molecule has 19 heavy (non-hydrogen) atoms. The van der Waals surface area contributed by atoms with Crippen molar-refractivity contribution in [3.63, 3.8) is 0 Å². The van der Waals surface area contributed by atoms with E-state index in [1.165, 1.54) is 0 Å². The first-order valence-electron chi connectivity index (χ1n) is 6.60. The molecule has 0 fully saturated rings. The van der Waals surface area contributed by atoms with Gasteiger partial charge < -0.3 is 19.5 Å². The molecule has 0 aliphatic heterocycles. The molecular weight excluding hydrogens is 244 g/mol. The maximum atomic E-state index is 5.63. The average Bonchev–Trinajstić information content (AvgIpc) is 2.41. The summed E-state index contributed by atoms with van der Waals surface area (Å²) >= 11 is 0. The molecule has 0 saturated carbocycles. The first-order chi connectivity index (χ1) is 9.24. The van der Waals surface area contributed by atoms with Gasteiger partial charge in [-0.05, 0) is 6.07 Å². The molecule has 0 aromatic carbocycles. The van der Waals surface area contributed by atoms with Crippen molar-refractivity contribution in [1.82, 2.24) is 10.3 Å². The smallest absolute Gasteiger partial charge is 0.217 e. The van der Waals surface area contributed by atoms with Crippen LogP contribution in [0.4, 0.5) is 0 Å². The molecule has 1 N–H and O–H groups in total. The highest BCUT2D eigenvalue weighted by Crippen LogP contribution is 2.13. The summed E-state index contributed by atoms with van der Waals surface area (Å²) in [6, 6.07) is 4.37. The quantitative estimate of drug-likeness (QED) is 0.654. The molecule has 0 aliphatic carbocycles. The van der Waals surface area contributed by atoms with Crippen molar-refractivity contribution in [1.29, 1.82) is 0 Å². The number of hydrogen-bond acceptors (Lipinski definition) is 5. The second kappa shape index (κ2) is 9.72. The fourth-order valence-electron chi connectivity index (χ4n) is 1.44. The molecule has 0 bridgehead atoms. The number of nitrogens with one attached hydrogen (secondary N) is 1. The lowest BCUT2D eigenvalue weighted by atomic mass is 10.2. The van der Waals surface area contributed by atoms with E-state index >= 15 is 0 Å². The van der Waals surface area contributed by atoms with Crippen LogP contribution in [0.3, 0.4) is 0 Å². The van der Waals surface area contributed by atoms with Crippen LogP contribution in [0.5, 0.6) is 5.88 Å². The minimum absolute atomic E-state index is 0.436. The second-order valence-corrected chi connectivity index (χ2v) is 4.46. The summed E-state index contributed by atoms with van der Waals surface area (Å²) in [7, 11) is 1.65. The maximum absolute atomic E-state index is 5.63. The van der Waals surface area contributed by atoms with Crippen molar-refractivity contribution in [2.24, 2.45) is 0 Å². The number of rotatable bonds is 10. The number of ether oxygens (including phenoxy) is 3. The van der Waals surface area contributed by atoms with Crippen molar-refractivity contribution in [2.75, 3.05) is 33.5 Å². The van der Waals surface area contributed by atoms with Crippen molar-refractivity contribution in [2.45, 2.75) is 26.4 Å². The van der Waals surface area contributed by atoms with Crippen LogP contribution in [-0.4, -0.2) is 44.6 Å². The highest BCUT2D eigenvalue weighted by Gasteiger charge is 2.05. The van der Waals surface area contributed by atoms with Crippen LogP contribution >= 0.6 is 0 Å². The van der Waals surface area contributed by atoms with E-state index < -0.39 is 0 Å². The molecular formula is C14H24N2O3. The van der Waals surface area contributed by atoms with Gasteiger partial charge in [0.25, 0.3) is 0 Å². The predicted molar refractivity (Wildman–Crippen MR) is 74.4 cm³/mol. The van der Waals surface area contributed by atoms with Crippen LogP contribution < -0.4 is 10.1 Å². The Morgan fingerprint density at radius 3 is 2.74 bits per heavy atom. The van der Waals surface area contributed by atoms with Crippen LogP contribution in [0.25, 0.3) is 0 Å². The minimum atomic E-state index is 0.436. The molecule has 0 atom stereocenters. The molecule has 0 amide bonds. The number of hydrogen-bond donors (Lipinski definition) is 1. The first kappa shape index (κ1) is 15.9. The Kier molecular flexibility index (Phi) is 8.13. The molecule has 0 saturated heterocycles. The average molecular weight is 268 g/mol. The largest absolute Gasteiger partial charge is 0.475 e. The molecule has 0 radical (unpaired) electrons. The van der Waals surface area contributed by atoms with Gasteiger partial charge in [0.05, 0.1) is 19.8 Å². The Balaban J connectivity index is 2.31. The summed E-state index contributed by atoms with van der Waals surface area (Å²) in [6.07, 6.45) is 1.74. The van der Waals surface area contributed by atoms with E-state index in [0.717, 1.165) is 12.1 Å². The molecule has 0 aliphatic rings. The van der Waals surface area contributed by atoms with E-state index in [1.54, 1.807) is 13.3 Å². The number of pyridine rings is 1. The standard InChI is InChI=1S/C14H24N2O3/c1-12(2)16-11-13-5-4-6-15-14(13)19-10-9-18-8-7-17-3/h4-6,12,16H,7-11H2,1-3H3. The van der Waals surface area contributed by atoms with Gasteiger partial charge in [0, 0.05) is 31.5 Å². The van der Waals surface area contributed by atoms with Gasteiger partial charge in [0.15, 0.2) is 0 Å². The Hall–Kier alpha value is -1.17. The van der Waals surface area contributed by atoms with Crippen LogP contribution in [0.1, 0.15) is 19.4 Å². The van der Waals surface area contributed by atoms with Crippen molar-refractivity contribution in [3.05, 3.63) is 23.9 Å². The molecule has 0 spiro atoms. The lowest BCUT2D eigenvalue weighted by Crippen LogP contribution is -2.22. The van der Waals surface area contributed by atoms with Gasteiger partial charge in [0.1, 0.15) is 6.61 Å². The van der Waals surface area contributed by atoms with E-state index in [0.29, 0.717) is 38.3 Å². The lowest BCUT2D eigenvalue weighted by molar-refractivity contribution is 0.0535. The summed E-state index contributed by atoms with van der Waals surface area (Å²) in [5.41, 5.74) is 1.06. The van der Waals surface area contributed by atoms with Crippen molar-refractivity contribution in [3.8, 4) is 5.88 Å². The third-order valence-corrected chi connectivity index (χ3v) is 2.45. The minimum Gasteiger partial charge on any atom is -0.475 e. The molecule has 5 nitrogen and oxygen atoms in total. The maximum Gasteiger partial charge on any atom is 0.217 e. The molecule has 1 aromatic heterocycles. The third-order valence-electron chi connectivity index (χ3n) is 2.45.